The maximum atomic E-state index is 13.3. The van der Waals surface area contributed by atoms with E-state index in [0.29, 0.717) is 41.4 Å². The Labute approximate surface area is 202 Å². The maximum Gasteiger partial charge on any atom is 0.242 e. The van der Waals surface area contributed by atoms with Crippen molar-refractivity contribution in [3.8, 4) is 0 Å². The smallest absolute Gasteiger partial charge is 0.242 e. The van der Waals surface area contributed by atoms with Crippen LogP contribution in [0.2, 0.25) is 10.0 Å². The summed E-state index contributed by atoms with van der Waals surface area (Å²) in [6, 6.07) is 13.1. The molecule has 2 rings (SSSR count). The van der Waals surface area contributed by atoms with Gasteiger partial charge in [0.25, 0.3) is 0 Å². The largest absolute Gasteiger partial charge is 0.355 e. The molecule has 0 saturated heterocycles. The van der Waals surface area contributed by atoms with E-state index >= 15 is 0 Å². The van der Waals surface area contributed by atoms with Gasteiger partial charge in [-0.15, -0.1) is 0 Å². The van der Waals surface area contributed by atoms with Crippen LogP contribution in [0.5, 0.6) is 0 Å². The number of amides is 2. The molecule has 2 amide bonds. The molecule has 174 valence electrons. The fraction of sp³-hybridized carbons (Fsp3) is 0.462. The monoisotopic (exact) mass is 476 g/mol. The van der Waals surface area contributed by atoms with Crippen molar-refractivity contribution in [1.29, 1.82) is 0 Å². The fourth-order valence-electron chi connectivity index (χ4n) is 3.63. The molecule has 0 unspecified atom stereocenters. The van der Waals surface area contributed by atoms with Crippen LogP contribution in [-0.2, 0) is 28.0 Å². The van der Waals surface area contributed by atoms with Gasteiger partial charge in [0, 0.05) is 35.1 Å². The van der Waals surface area contributed by atoms with Crippen molar-refractivity contribution in [2.75, 3.05) is 6.54 Å². The van der Waals surface area contributed by atoms with Gasteiger partial charge in [-0.3, -0.25) is 9.59 Å². The molecule has 0 aliphatic rings. The molecule has 0 saturated carbocycles. The quantitative estimate of drug-likeness (QED) is 0.470. The number of benzene rings is 2. The molecule has 6 heteroatoms. The SMILES string of the molecule is CCNC(=O)[C@H](CC)N(Cc1c(Cl)cccc1Cl)C(=O)CCc1ccc(C(C)(C)C)cc1. The maximum absolute atomic E-state index is 13.3. The van der Waals surface area contributed by atoms with Crippen LogP contribution < -0.4 is 5.32 Å². The normalized spacial score (nSPS) is 12.3. The molecule has 0 bridgehead atoms. The van der Waals surface area contributed by atoms with Crippen LogP contribution in [0.15, 0.2) is 42.5 Å². The summed E-state index contributed by atoms with van der Waals surface area (Å²) in [7, 11) is 0. The Morgan fingerprint density at radius 1 is 1.00 bits per heavy atom. The standard InChI is InChI=1S/C26H34Cl2N2O2/c1-6-23(25(32)29-7-2)30(17-20-21(27)9-8-10-22(20)28)24(31)16-13-18-11-14-19(15-12-18)26(3,4)5/h8-12,14-15,23H,6-7,13,16-17H2,1-5H3,(H,29,32)/t23-/m0/s1. The molecule has 32 heavy (non-hydrogen) atoms. The number of halogens is 2. The Morgan fingerprint density at radius 2 is 1.59 bits per heavy atom. The van der Waals surface area contributed by atoms with Crippen LogP contribution in [0.3, 0.4) is 0 Å². The fourth-order valence-corrected chi connectivity index (χ4v) is 4.15. The van der Waals surface area contributed by atoms with Crippen molar-refractivity contribution in [1.82, 2.24) is 10.2 Å². The summed E-state index contributed by atoms with van der Waals surface area (Å²) in [5, 5.41) is 3.81. The van der Waals surface area contributed by atoms with E-state index in [4.69, 9.17) is 23.2 Å². The van der Waals surface area contributed by atoms with Crippen molar-refractivity contribution in [2.24, 2.45) is 0 Å². The van der Waals surface area contributed by atoms with Crippen molar-refractivity contribution in [3.05, 3.63) is 69.2 Å². The Hall–Kier alpha value is -2.04. The highest BCUT2D eigenvalue weighted by atomic mass is 35.5. The first kappa shape index (κ1) is 26.2. The molecule has 4 nitrogen and oxygen atoms in total. The zero-order valence-corrected chi connectivity index (χ0v) is 21.2. The number of hydrogen-bond acceptors (Lipinski definition) is 2. The van der Waals surface area contributed by atoms with Gasteiger partial charge in [0.2, 0.25) is 11.8 Å². The molecular weight excluding hydrogens is 443 g/mol. The Balaban J connectivity index is 2.23. The zero-order valence-electron chi connectivity index (χ0n) is 19.7. The van der Waals surface area contributed by atoms with E-state index in [2.05, 4.69) is 50.4 Å². The minimum atomic E-state index is -0.585. The molecule has 1 atom stereocenters. The zero-order chi connectivity index (χ0) is 23.9. The van der Waals surface area contributed by atoms with Crippen LogP contribution >= 0.6 is 23.2 Å². The van der Waals surface area contributed by atoms with E-state index in [-0.39, 0.29) is 23.8 Å². The summed E-state index contributed by atoms with van der Waals surface area (Å²) in [6.45, 7) is 11.0. The lowest BCUT2D eigenvalue weighted by Crippen LogP contribution is -2.49. The first-order chi connectivity index (χ1) is 15.1. The number of rotatable bonds is 9. The minimum absolute atomic E-state index is 0.0837. The number of nitrogens with zero attached hydrogens (tertiary/aromatic N) is 1. The molecule has 0 heterocycles. The molecular formula is C26H34Cl2N2O2. The molecule has 0 aromatic heterocycles. The molecule has 1 N–H and O–H groups in total. The number of aryl methyl sites for hydroxylation is 1. The highest BCUT2D eigenvalue weighted by Gasteiger charge is 2.29. The highest BCUT2D eigenvalue weighted by molar-refractivity contribution is 6.36. The van der Waals surface area contributed by atoms with E-state index < -0.39 is 6.04 Å². The van der Waals surface area contributed by atoms with E-state index in [1.54, 1.807) is 23.1 Å². The van der Waals surface area contributed by atoms with Crippen LogP contribution in [0.1, 0.15) is 64.2 Å². The average Bonchev–Trinajstić information content (AvgIpc) is 2.73. The first-order valence-electron chi connectivity index (χ1n) is 11.2. The molecule has 2 aromatic carbocycles. The van der Waals surface area contributed by atoms with Crippen molar-refractivity contribution >= 4 is 35.0 Å². The summed E-state index contributed by atoms with van der Waals surface area (Å²) in [4.78, 5) is 27.7. The van der Waals surface area contributed by atoms with E-state index in [9.17, 15) is 9.59 Å². The van der Waals surface area contributed by atoms with Crippen LogP contribution in [0.4, 0.5) is 0 Å². The van der Waals surface area contributed by atoms with Crippen molar-refractivity contribution < 1.29 is 9.59 Å². The minimum Gasteiger partial charge on any atom is -0.355 e. The number of nitrogens with one attached hydrogen (secondary N) is 1. The third kappa shape index (κ3) is 6.98. The van der Waals surface area contributed by atoms with Gasteiger partial charge in [0.1, 0.15) is 6.04 Å². The van der Waals surface area contributed by atoms with E-state index in [1.165, 1.54) is 5.56 Å². The van der Waals surface area contributed by atoms with Gasteiger partial charge >= 0.3 is 0 Å². The second kappa shape index (κ2) is 11.7. The Morgan fingerprint density at radius 3 is 2.09 bits per heavy atom. The molecule has 2 aromatic rings. The van der Waals surface area contributed by atoms with Gasteiger partial charge in [0.05, 0.1) is 0 Å². The highest BCUT2D eigenvalue weighted by Crippen LogP contribution is 2.28. The number of likely N-dealkylation sites (N-methyl/N-ethyl adjacent to an activating group) is 1. The number of hydrogen-bond donors (Lipinski definition) is 1. The molecule has 0 aliphatic heterocycles. The third-order valence-corrected chi connectivity index (χ3v) is 6.28. The van der Waals surface area contributed by atoms with Gasteiger partial charge in [-0.25, -0.2) is 0 Å². The van der Waals surface area contributed by atoms with Crippen LogP contribution in [-0.4, -0.2) is 29.3 Å². The van der Waals surface area contributed by atoms with Gasteiger partial charge in [0.15, 0.2) is 0 Å². The van der Waals surface area contributed by atoms with Crippen LogP contribution in [0.25, 0.3) is 0 Å². The van der Waals surface area contributed by atoms with Crippen molar-refractivity contribution in [3.63, 3.8) is 0 Å². The molecule has 0 spiro atoms. The third-order valence-electron chi connectivity index (χ3n) is 5.57. The number of carbonyl (C=O) groups excluding carboxylic acids is 2. The van der Waals surface area contributed by atoms with Gasteiger partial charge in [-0.05, 0) is 48.4 Å². The second-order valence-electron chi connectivity index (χ2n) is 8.99. The summed E-state index contributed by atoms with van der Waals surface area (Å²) < 4.78 is 0. The molecule has 0 radical (unpaired) electrons. The lowest BCUT2D eigenvalue weighted by molar-refractivity contribution is -0.141. The predicted octanol–water partition coefficient (Wildman–Crippen LogP) is 6.17. The number of carbonyl (C=O) groups is 2. The second-order valence-corrected chi connectivity index (χ2v) is 9.80. The summed E-state index contributed by atoms with van der Waals surface area (Å²) in [6.07, 6.45) is 1.40. The lowest BCUT2D eigenvalue weighted by atomic mass is 9.86. The molecule has 0 fully saturated rings. The van der Waals surface area contributed by atoms with E-state index in [0.717, 1.165) is 5.56 Å². The average molecular weight is 477 g/mol. The Kier molecular flexibility index (Phi) is 9.60. The summed E-state index contributed by atoms with van der Waals surface area (Å²) in [5.41, 5.74) is 3.08. The van der Waals surface area contributed by atoms with Crippen molar-refractivity contribution in [2.45, 2.75) is 71.9 Å². The lowest BCUT2D eigenvalue weighted by Gasteiger charge is -2.31. The molecule has 0 aliphatic carbocycles. The van der Waals surface area contributed by atoms with Gasteiger partial charge < -0.3 is 10.2 Å². The van der Waals surface area contributed by atoms with E-state index in [1.807, 2.05) is 13.8 Å². The van der Waals surface area contributed by atoms with Gasteiger partial charge in [-0.1, -0.05) is 81.2 Å². The summed E-state index contributed by atoms with van der Waals surface area (Å²) >= 11 is 12.7. The topological polar surface area (TPSA) is 49.4 Å². The van der Waals surface area contributed by atoms with Gasteiger partial charge in [-0.2, -0.15) is 0 Å². The predicted molar refractivity (Wildman–Crippen MR) is 133 cm³/mol. The first-order valence-corrected chi connectivity index (χ1v) is 11.9. The summed E-state index contributed by atoms with van der Waals surface area (Å²) in [5.74, 6) is -0.264. The Bertz CT molecular complexity index is 900. The van der Waals surface area contributed by atoms with Crippen LogP contribution in [0, 0.1) is 0 Å².